The zero-order valence-electron chi connectivity index (χ0n) is 9.30. The average molecular weight is 190 g/mol. The lowest BCUT2D eigenvalue weighted by Gasteiger charge is -2.23. The number of nitrogens with zero attached hydrogens (tertiary/aromatic N) is 2. The number of hydrogen-bond donors (Lipinski definition) is 0. The highest BCUT2D eigenvalue weighted by molar-refractivity contribution is 5.27. The summed E-state index contributed by atoms with van der Waals surface area (Å²) in [5, 5.41) is 0. The Morgan fingerprint density at radius 2 is 2.07 bits per heavy atom. The molecule has 0 aromatic carbocycles. The molecule has 14 heavy (non-hydrogen) atoms. The summed E-state index contributed by atoms with van der Waals surface area (Å²) >= 11 is 0. The van der Waals surface area contributed by atoms with Gasteiger partial charge in [-0.1, -0.05) is 13.3 Å². The minimum atomic E-state index is 0.844. The van der Waals surface area contributed by atoms with Crippen molar-refractivity contribution >= 4 is 0 Å². The predicted molar refractivity (Wildman–Crippen MR) is 57.3 cm³/mol. The molecule has 0 saturated heterocycles. The second-order valence-corrected chi connectivity index (χ2v) is 4.30. The van der Waals surface area contributed by atoms with E-state index in [0.717, 1.165) is 18.2 Å². The fourth-order valence-electron chi connectivity index (χ4n) is 2.37. The molecule has 1 aromatic heterocycles. The molecule has 1 aromatic rings. The molecule has 1 atom stereocenters. The molecule has 0 radical (unpaired) electrons. The summed E-state index contributed by atoms with van der Waals surface area (Å²) in [5.74, 6) is 1.77. The van der Waals surface area contributed by atoms with E-state index in [2.05, 4.69) is 23.8 Å². The van der Waals surface area contributed by atoms with E-state index >= 15 is 0 Å². The molecule has 1 aliphatic rings. The zero-order valence-corrected chi connectivity index (χ0v) is 9.30. The summed E-state index contributed by atoms with van der Waals surface area (Å²) in [6.45, 7) is 6.37. The van der Waals surface area contributed by atoms with E-state index in [-0.39, 0.29) is 0 Å². The third-order valence-electron chi connectivity index (χ3n) is 3.27. The van der Waals surface area contributed by atoms with Gasteiger partial charge in [0.15, 0.2) is 0 Å². The quantitative estimate of drug-likeness (QED) is 0.680. The Hall–Kier alpha value is -0.920. The molecule has 0 spiro atoms. The first-order valence-corrected chi connectivity index (χ1v) is 5.53. The van der Waals surface area contributed by atoms with Crippen LogP contribution in [0.15, 0.2) is 0 Å². The van der Waals surface area contributed by atoms with Crippen LogP contribution >= 0.6 is 0 Å². The highest BCUT2D eigenvalue weighted by Crippen LogP contribution is 2.27. The van der Waals surface area contributed by atoms with Gasteiger partial charge in [-0.25, -0.2) is 9.97 Å². The standard InChI is InChI=1S/C12H18N2/c1-4-10-5-6-11-8(2)13-9(3)14-12(11)7-10/h10H,4-7H2,1-3H3. The number of aromatic nitrogens is 2. The van der Waals surface area contributed by atoms with Gasteiger partial charge in [0.1, 0.15) is 5.82 Å². The zero-order chi connectivity index (χ0) is 10.1. The molecule has 1 heterocycles. The molecule has 2 heteroatoms. The van der Waals surface area contributed by atoms with E-state index in [9.17, 15) is 0 Å². The third kappa shape index (κ3) is 1.66. The van der Waals surface area contributed by atoms with Crippen molar-refractivity contribution in [2.75, 3.05) is 0 Å². The molecule has 0 aliphatic heterocycles. The first-order chi connectivity index (χ1) is 6.70. The van der Waals surface area contributed by atoms with E-state index in [0.29, 0.717) is 0 Å². The normalized spacial score (nSPS) is 20.6. The third-order valence-corrected chi connectivity index (χ3v) is 3.27. The Labute approximate surface area is 85.8 Å². The SMILES string of the molecule is CCC1CCc2c(C)nc(C)nc2C1. The van der Waals surface area contributed by atoms with E-state index in [1.807, 2.05) is 6.92 Å². The van der Waals surface area contributed by atoms with Crippen molar-refractivity contribution in [1.29, 1.82) is 0 Å². The van der Waals surface area contributed by atoms with Crippen LogP contribution in [-0.4, -0.2) is 9.97 Å². The molecule has 0 fully saturated rings. The molecule has 0 bridgehead atoms. The van der Waals surface area contributed by atoms with Gasteiger partial charge in [0.25, 0.3) is 0 Å². The largest absolute Gasteiger partial charge is 0.238 e. The van der Waals surface area contributed by atoms with E-state index in [1.54, 1.807) is 0 Å². The van der Waals surface area contributed by atoms with E-state index in [1.165, 1.54) is 36.2 Å². The second-order valence-electron chi connectivity index (χ2n) is 4.30. The number of rotatable bonds is 1. The van der Waals surface area contributed by atoms with Crippen LogP contribution in [0.25, 0.3) is 0 Å². The van der Waals surface area contributed by atoms with E-state index in [4.69, 9.17) is 0 Å². The van der Waals surface area contributed by atoms with Gasteiger partial charge in [-0.15, -0.1) is 0 Å². The highest BCUT2D eigenvalue weighted by Gasteiger charge is 2.20. The van der Waals surface area contributed by atoms with Gasteiger partial charge < -0.3 is 0 Å². The maximum Gasteiger partial charge on any atom is 0.125 e. The molecule has 1 aliphatic carbocycles. The minimum absolute atomic E-state index is 0.844. The fraction of sp³-hybridized carbons (Fsp3) is 0.667. The van der Waals surface area contributed by atoms with Gasteiger partial charge in [-0.3, -0.25) is 0 Å². The smallest absolute Gasteiger partial charge is 0.125 e. The van der Waals surface area contributed by atoms with Crippen LogP contribution in [0.3, 0.4) is 0 Å². The lowest BCUT2D eigenvalue weighted by molar-refractivity contribution is 0.434. The molecular formula is C12H18N2. The average Bonchev–Trinajstić information content (AvgIpc) is 2.16. The fourth-order valence-corrected chi connectivity index (χ4v) is 2.37. The van der Waals surface area contributed by atoms with Crippen LogP contribution < -0.4 is 0 Å². The molecule has 2 nitrogen and oxygen atoms in total. The molecule has 0 saturated carbocycles. The van der Waals surface area contributed by atoms with Crippen molar-refractivity contribution in [1.82, 2.24) is 9.97 Å². The Bertz CT molecular complexity index is 344. The Balaban J connectivity index is 2.37. The number of fused-ring (bicyclic) bond motifs is 1. The summed E-state index contributed by atoms with van der Waals surface area (Å²) in [6, 6.07) is 0. The van der Waals surface area contributed by atoms with Gasteiger partial charge in [-0.05, 0) is 44.6 Å². The molecule has 1 unspecified atom stereocenters. The summed E-state index contributed by atoms with van der Waals surface area (Å²) in [6.07, 6.45) is 4.94. The summed E-state index contributed by atoms with van der Waals surface area (Å²) in [7, 11) is 0. The van der Waals surface area contributed by atoms with Crippen molar-refractivity contribution < 1.29 is 0 Å². The second kappa shape index (κ2) is 3.68. The minimum Gasteiger partial charge on any atom is -0.238 e. The van der Waals surface area contributed by atoms with E-state index < -0.39 is 0 Å². The van der Waals surface area contributed by atoms with Crippen molar-refractivity contribution in [3.8, 4) is 0 Å². The highest BCUT2D eigenvalue weighted by atomic mass is 14.9. The molecule has 0 N–H and O–H groups in total. The maximum absolute atomic E-state index is 4.56. The Morgan fingerprint density at radius 3 is 2.79 bits per heavy atom. The van der Waals surface area contributed by atoms with Gasteiger partial charge in [0.2, 0.25) is 0 Å². The number of hydrogen-bond acceptors (Lipinski definition) is 2. The van der Waals surface area contributed by atoms with Gasteiger partial charge in [0.05, 0.1) is 0 Å². The monoisotopic (exact) mass is 190 g/mol. The van der Waals surface area contributed by atoms with Gasteiger partial charge in [-0.2, -0.15) is 0 Å². The van der Waals surface area contributed by atoms with Gasteiger partial charge >= 0.3 is 0 Å². The molecule has 76 valence electrons. The molecule has 0 amide bonds. The number of aryl methyl sites for hydroxylation is 2. The van der Waals surface area contributed by atoms with Crippen LogP contribution in [0.1, 0.15) is 42.5 Å². The Kier molecular flexibility index (Phi) is 2.53. The van der Waals surface area contributed by atoms with Crippen molar-refractivity contribution in [2.24, 2.45) is 5.92 Å². The van der Waals surface area contributed by atoms with Crippen LogP contribution in [0.5, 0.6) is 0 Å². The maximum atomic E-state index is 4.56. The van der Waals surface area contributed by atoms with Crippen molar-refractivity contribution in [3.05, 3.63) is 22.8 Å². The topological polar surface area (TPSA) is 25.8 Å². The first-order valence-electron chi connectivity index (χ1n) is 5.53. The van der Waals surface area contributed by atoms with Crippen LogP contribution in [-0.2, 0) is 12.8 Å². The Morgan fingerprint density at radius 1 is 1.29 bits per heavy atom. The van der Waals surface area contributed by atoms with Crippen LogP contribution in [0.2, 0.25) is 0 Å². The summed E-state index contributed by atoms with van der Waals surface area (Å²) in [4.78, 5) is 8.99. The summed E-state index contributed by atoms with van der Waals surface area (Å²) < 4.78 is 0. The molecule has 2 rings (SSSR count). The van der Waals surface area contributed by atoms with Crippen molar-refractivity contribution in [2.45, 2.75) is 46.5 Å². The lowest BCUT2D eigenvalue weighted by Crippen LogP contribution is -2.17. The van der Waals surface area contributed by atoms with Crippen LogP contribution in [0.4, 0.5) is 0 Å². The first kappa shape index (κ1) is 9.63. The van der Waals surface area contributed by atoms with Crippen molar-refractivity contribution in [3.63, 3.8) is 0 Å². The summed E-state index contributed by atoms with van der Waals surface area (Å²) in [5.41, 5.74) is 3.93. The molecular weight excluding hydrogens is 172 g/mol. The predicted octanol–water partition coefficient (Wildman–Crippen LogP) is 2.61. The van der Waals surface area contributed by atoms with Gasteiger partial charge in [0, 0.05) is 11.4 Å². The lowest BCUT2D eigenvalue weighted by atomic mass is 9.85. The van der Waals surface area contributed by atoms with Crippen LogP contribution in [0, 0.1) is 19.8 Å².